The average molecular weight is 370 g/mol. The van der Waals surface area contributed by atoms with Gasteiger partial charge in [0.2, 0.25) is 10.0 Å². The van der Waals surface area contributed by atoms with E-state index in [4.69, 9.17) is 0 Å². The zero-order valence-corrected chi connectivity index (χ0v) is 15.7. The normalized spacial score (nSPS) is 17.0. The first-order valence-corrected chi connectivity index (χ1v) is 10.0. The van der Waals surface area contributed by atoms with Gasteiger partial charge in [-0.2, -0.15) is 0 Å². The van der Waals surface area contributed by atoms with Crippen LogP contribution in [0.15, 0.2) is 23.1 Å². The molecule has 0 unspecified atom stereocenters. The Morgan fingerprint density at radius 3 is 2.48 bits per heavy atom. The number of rotatable bonds is 7. The molecule has 140 valence electrons. The highest BCUT2D eigenvalue weighted by atomic mass is 32.2. The Bertz CT molecular complexity index is 713. The summed E-state index contributed by atoms with van der Waals surface area (Å²) < 4.78 is 26.9. The van der Waals surface area contributed by atoms with Gasteiger partial charge in [0, 0.05) is 31.2 Å². The predicted octanol–water partition coefficient (Wildman–Crippen LogP) is 2.18. The minimum absolute atomic E-state index is 0.0979. The molecule has 2 N–H and O–H groups in total. The van der Waals surface area contributed by atoms with Crippen molar-refractivity contribution >= 4 is 21.4 Å². The van der Waals surface area contributed by atoms with Gasteiger partial charge >= 0.3 is 0 Å². The fourth-order valence-electron chi connectivity index (χ4n) is 2.94. The van der Waals surface area contributed by atoms with Crippen LogP contribution in [0.3, 0.4) is 0 Å². The zero-order chi connectivity index (χ0) is 18.6. The van der Waals surface area contributed by atoms with Crippen molar-refractivity contribution in [3.05, 3.63) is 28.3 Å². The second kappa shape index (κ2) is 8.11. The maximum absolute atomic E-state index is 12.2. The van der Waals surface area contributed by atoms with Crippen molar-refractivity contribution < 1.29 is 13.3 Å². The third-order valence-corrected chi connectivity index (χ3v) is 5.92. The van der Waals surface area contributed by atoms with Crippen LogP contribution in [-0.4, -0.2) is 50.0 Å². The molecule has 1 heterocycles. The molecule has 0 amide bonds. The van der Waals surface area contributed by atoms with Gasteiger partial charge in [-0.1, -0.05) is 6.92 Å². The summed E-state index contributed by atoms with van der Waals surface area (Å²) in [5.41, 5.74) is 0.146. The largest absolute Gasteiger partial charge is 0.377 e. The molecule has 8 nitrogen and oxygen atoms in total. The highest BCUT2D eigenvalue weighted by Crippen LogP contribution is 2.29. The predicted molar refractivity (Wildman–Crippen MR) is 97.3 cm³/mol. The van der Waals surface area contributed by atoms with Crippen LogP contribution < -0.4 is 10.0 Å². The summed E-state index contributed by atoms with van der Waals surface area (Å²) in [6, 6.07) is 3.87. The number of sulfonamides is 1. The molecule has 25 heavy (non-hydrogen) atoms. The minimum atomic E-state index is -3.76. The second-order valence-corrected chi connectivity index (χ2v) is 8.28. The Morgan fingerprint density at radius 2 is 1.96 bits per heavy atom. The van der Waals surface area contributed by atoms with Crippen LogP contribution in [0.2, 0.25) is 0 Å². The molecule has 0 saturated carbocycles. The van der Waals surface area contributed by atoms with E-state index < -0.39 is 14.9 Å². The number of benzene rings is 1. The van der Waals surface area contributed by atoms with Crippen LogP contribution >= 0.6 is 0 Å². The van der Waals surface area contributed by atoms with Crippen molar-refractivity contribution in [1.82, 2.24) is 9.62 Å². The summed E-state index contributed by atoms with van der Waals surface area (Å²) in [5, 5.41) is 14.6. The molecular formula is C16H26N4O4S. The van der Waals surface area contributed by atoms with Crippen LogP contribution in [0.25, 0.3) is 0 Å². The molecule has 1 aromatic carbocycles. The number of nitro benzene ring substituents is 1. The fraction of sp³-hybridized carbons (Fsp3) is 0.625. The van der Waals surface area contributed by atoms with Gasteiger partial charge < -0.3 is 10.2 Å². The van der Waals surface area contributed by atoms with Gasteiger partial charge in [0.1, 0.15) is 5.69 Å². The topological polar surface area (TPSA) is 105 Å². The third-order valence-electron chi connectivity index (χ3n) is 4.26. The maximum atomic E-state index is 12.2. The number of nitrogens with zero attached hydrogens (tertiary/aromatic N) is 2. The molecule has 1 saturated heterocycles. The Hall–Kier alpha value is -1.71. The van der Waals surface area contributed by atoms with Gasteiger partial charge in [-0.3, -0.25) is 10.1 Å². The summed E-state index contributed by atoms with van der Waals surface area (Å²) in [6.07, 6.45) is 1.81. The van der Waals surface area contributed by atoms with E-state index in [0.717, 1.165) is 38.5 Å². The van der Waals surface area contributed by atoms with Gasteiger partial charge in [0.05, 0.1) is 9.82 Å². The van der Waals surface area contributed by atoms with Crippen molar-refractivity contribution in [1.29, 1.82) is 0 Å². The number of hydrogen-bond acceptors (Lipinski definition) is 6. The Morgan fingerprint density at radius 1 is 1.32 bits per heavy atom. The van der Waals surface area contributed by atoms with E-state index in [1.807, 2.05) is 0 Å². The maximum Gasteiger partial charge on any atom is 0.293 e. The summed E-state index contributed by atoms with van der Waals surface area (Å²) >= 11 is 0. The minimum Gasteiger partial charge on any atom is -0.377 e. The van der Waals surface area contributed by atoms with Gasteiger partial charge in [-0.15, -0.1) is 0 Å². The lowest BCUT2D eigenvalue weighted by Gasteiger charge is -2.31. The van der Waals surface area contributed by atoms with Gasteiger partial charge in [0.15, 0.2) is 0 Å². The van der Waals surface area contributed by atoms with E-state index in [0.29, 0.717) is 5.69 Å². The Labute approximate surface area is 148 Å². The van der Waals surface area contributed by atoms with Gasteiger partial charge in [-0.05, 0) is 45.4 Å². The van der Waals surface area contributed by atoms with E-state index in [2.05, 4.69) is 21.9 Å². The second-order valence-electron chi connectivity index (χ2n) is 6.56. The molecule has 0 bridgehead atoms. The molecule has 0 atom stereocenters. The molecule has 1 fully saturated rings. The molecule has 2 rings (SSSR count). The smallest absolute Gasteiger partial charge is 0.293 e. The standard InChI is InChI=1S/C16H26N4O4S/c1-4-19-9-7-13(8-10-19)17-15-6-5-14(11-16(15)20(21)22)25(23,24)18-12(2)3/h5-6,11-13,17-18H,4,7-10H2,1-3H3. The number of piperidine rings is 1. The van der Waals surface area contributed by atoms with E-state index in [9.17, 15) is 18.5 Å². The van der Waals surface area contributed by atoms with Crippen LogP contribution in [0, 0.1) is 10.1 Å². The van der Waals surface area contributed by atoms with Crippen LogP contribution in [0.4, 0.5) is 11.4 Å². The van der Waals surface area contributed by atoms with Gasteiger partial charge in [-0.25, -0.2) is 13.1 Å². The molecule has 9 heteroatoms. The lowest BCUT2D eigenvalue weighted by molar-refractivity contribution is -0.384. The number of nitrogens with one attached hydrogen (secondary N) is 2. The molecule has 1 aliphatic heterocycles. The van der Waals surface area contributed by atoms with E-state index in [-0.39, 0.29) is 22.7 Å². The van der Waals surface area contributed by atoms with Crippen molar-refractivity contribution in [2.24, 2.45) is 0 Å². The number of anilines is 1. The van der Waals surface area contributed by atoms with Crippen molar-refractivity contribution in [2.45, 2.75) is 50.6 Å². The summed E-state index contributed by atoms with van der Waals surface area (Å²) in [5.74, 6) is 0. The molecule has 0 spiro atoms. The molecule has 0 aliphatic carbocycles. The van der Waals surface area contributed by atoms with Crippen molar-refractivity contribution in [2.75, 3.05) is 25.0 Å². The Kier molecular flexibility index (Phi) is 6.36. The monoisotopic (exact) mass is 370 g/mol. The SMILES string of the molecule is CCN1CCC(Nc2ccc(S(=O)(=O)NC(C)C)cc2[N+](=O)[O-])CC1. The lowest BCUT2D eigenvalue weighted by atomic mass is 10.0. The first-order chi connectivity index (χ1) is 11.7. The fourth-order valence-corrected chi connectivity index (χ4v) is 4.21. The van der Waals surface area contributed by atoms with E-state index in [1.165, 1.54) is 12.1 Å². The van der Waals surface area contributed by atoms with E-state index in [1.54, 1.807) is 13.8 Å². The van der Waals surface area contributed by atoms with Gasteiger partial charge in [0.25, 0.3) is 5.69 Å². The number of hydrogen-bond donors (Lipinski definition) is 2. The van der Waals surface area contributed by atoms with Crippen LogP contribution in [-0.2, 0) is 10.0 Å². The van der Waals surface area contributed by atoms with E-state index >= 15 is 0 Å². The summed E-state index contributed by atoms with van der Waals surface area (Å²) in [4.78, 5) is 13.1. The Balaban J connectivity index is 2.21. The van der Waals surface area contributed by atoms with Crippen molar-refractivity contribution in [3.63, 3.8) is 0 Å². The zero-order valence-electron chi connectivity index (χ0n) is 14.9. The third kappa shape index (κ3) is 5.13. The van der Waals surface area contributed by atoms with Crippen LogP contribution in [0.5, 0.6) is 0 Å². The molecule has 0 aromatic heterocycles. The average Bonchev–Trinajstić information content (AvgIpc) is 2.54. The summed E-state index contributed by atoms with van der Waals surface area (Å²) in [6.45, 7) is 8.42. The highest BCUT2D eigenvalue weighted by Gasteiger charge is 2.24. The molecule has 1 aromatic rings. The summed E-state index contributed by atoms with van der Waals surface area (Å²) in [7, 11) is -3.76. The number of nitro groups is 1. The first kappa shape index (κ1) is 19.6. The lowest BCUT2D eigenvalue weighted by Crippen LogP contribution is -2.38. The van der Waals surface area contributed by atoms with Crippen LogP contribution in [0.1, 0.15) is 33.6 Å². The molecule has 0 radical (unpaired) electrons. The molecular weight excluding hydrogens is 344 g/mol. The quantitative estimate of drug-likeness (QED) is 0.563. The van der Waals surface area contributed by atoms with Crippen molar-refractivity contribution in [3.8, 4) is 0 Å². The number of likely N-dealkylation sites (tertiary alicyclic amines) is 1. The highest BCUT2D eigenvalue weighted by molar-refractivity contribution is 7.89. The molecule has 1 aliphatic rings. The first-order valence-electron chi connectivity index (χ1n) is 8.52.